The molecule has 0 atom stereocenters. The topological polar surface area (TPSA) is 32.3 Å². The molecule has 1 amide bonds. The molecule has 0 aromatic heterocycles. The van der Waals surface area contributed by atoms with Crippen molar-refractivity contribution in [1.82, 2.24) is 0 Å². The number of amides is 1. The lowest BCUT2D eigenvalue weighted by molar-refractivity contribution is -0.114. The summed E-state index contributed by atoms with van der Waals surface area (Å²) >= 11 is 6.20. The number of nitrogens with one attached hydrogen (secondary N) is 1. The molecule has 1 aromatic rings. The van der Waals surface area contributed by atoms with Crippen LogP contribution < -0.4 is 10.2 Å². The highest BCUT2D eigenvalue weighted by Crippen LogP contribution is 2.30. The number of benzene rings is 1. The second-order valence-corrected chi connectivity index (χ2v) is 4.45. The lowest BCUT2D eigenvalue weighted by atomic mass is 10.2. The zero-order valence-electron chi connectivity index (χ0n) is 9.29. The van der Waals surface area contributed by atoms with E-state index in [0.717, 1.165) is 24.5 Å². The highest BCUT2D eigenvalue weighted by Gasteiger charge is 2.15. The van der Waals surface area contributed by atoms with Crippen molar-refractivity contribution in [1.29, 1.82) is 0 Å². The van der Waals surface area contributed by atoms with E-state index >= 15 is 0 Å². The summed E-state index contributed by atoms with van der Waals surface area (Å²) in [4.78, 5) is 13.2. The normalized spacial score (nSPS) is 15.2. The van der Waals surface area contributed by atoms with Gasteiger partial charge in [-0.25, -0.2) is 0 Å². The summed E-state index contributed by atoms with van der Waals surface area (Å²) in [5.74, 6) is -0.0787. The molecule has 1 aliphatic heterocycles. The zero-order chi connectivity index (χ0) is 11.5. The smallest absolute Gasteiger partial charge is 0.221 e. The van der Waals surface area contributed by atoms with Gasteiger partial charge in [0, 0.05) is 25.7 Å². The van der Waals surface area contributed by atoms with Gasteiger partial charge in [-0.2, -0.15) is 0 Å². The lowest BCUT2D eigenvalue weighted by Gasteiger charge is -2.19. The molecule has 1 aliphatic rings. The molecule has 1 fully saturated rings. The van der Waals surface area contributed by atoms with Crippen LogP contribution >= 0.6 is 11.6 Å². The van der Waals surface area contributed by atoms with E-state index in [0.29, 0.717) is 5.02 Å². The molecular formula is C12H15ClN2O. The van der Waals surface area contributed by atoms with Crippen LogP contribution in [0.2, 0.25) is 5.02 Å². The Morgan fingerprint density at radius 1 is 1.38 bits per heavy atom. The second kappa shape index (κ2) is 4.74. The minimum absolute atomic E-state index is 0.0787. The molecule has 2 rings (SSSR count). The molecule has 86 valence electrons. The zero-order valence-corrected chi connectivity index (χ0v) is 10.0. The van der Waals surface area contributed by atoms with E-state index in [-0.39, 0.29) is 5.91 Å². The van der Waals surface area contributed by atoms with Gasteiger partial charge in [-0.3, -0.25) is 4.79 Å². The Bertz CT molecular complexity index is 400. The van der Waals surface area contributed by atoms with Gasteiger partial charge in [0.05, 0.1) is 10.7 Å². The molecule has 1 saturated heterocycles. The van der Waals surface area contributed by atoms with Gasteiger partial charge in [0.15, 0.2) is 0 Å². The van der Waals surface area contributed by atoms with Gasteiger partial charge in [0.25, 0.3) is 0 Å². The van der Waals surface area contributed by atoms with Gasteiger partial charge >= 0.3 is 0 Å². The molecule has 0 bridgehead atoms. The van der Waals surface area contributed by atoms with Crippen LogP contribution in [0.5, 0.6) is 0 Å². The molecule has 1 N–H and O–H groups in total. The third-order valence-corrected chi connectivity index (χ3v) is 3.02. The Labute approximate surface area is 100 Å². The van der Waals surface area contributed by atoms with E-state index in [1.807, 2.05) is 12.1 Å². The fourth-order valence-corrected chi connectivity index (χ4v) is 2.30. The minimum Gasteiger partial charge on any atom is -0.370 e. The molecule has 0 spiro atoms. The molecule has 0 radical (unpaired) electrons. The number of rotatable bonds is 2. The van der Waals surface area contributed by atoms with Gasteiger partial charge in [-0.15, -0.1) is 0 Å². The fraction of sp³-hybridized carbons (Fsp3) is 0.417. The van der Waals surface area contributed by atoms with Crippen LogP contribution in [0.15, 0.2) is 18.2 Å². The Balaban J connectivity index is 2.18. The maximum absolute atomic E-state index is 10.9. The number of hydrogen-bond acceptors (Lipinski definition) is 2. The van der Waals surface area contributed by atoms with E-state index < -0.39 is 0 Å². The summed E-state index contributed by atoms with van der Waals surface area (Å²) in [7, 11) is 0. The van der Waals surface area contributed by atoms with Crippen LogP contribution in [0.1, 0.15) is 19.8 Å². The largest absolute Gasteiger partial charge is 0.370 e. The SMILES string of the molecule is CC(=O)Nc1ccc(N2CCCC2)c(Cl)c1. The van der Waals surface area contributed by atoms with Crippen molar-refractivity contribution in [3.8, 4) is 0 Å². The van der Waals surface area contributed by atoms with Gasteiger partial charge in [-0.05, 0) is 31.0 Å². The van der Waals surface area contributed by atoms with Crippen molar-refractivity contribution in [2.75, 3.05) is 23.3 Å². The molecule has 0 unspecified atom stereocenters. The number of hydrogen-bond donors (Lipinski definition) is 1. The summed E-state index contributed by atoms with van der Waals surface area (Å²) < 4.78 is 0. The predicted molar refractivity (Wildman–Crippen MR) is 67.2 cm³/mol. The summed E-state index contributed by atoms with van der Waals surface area (Å²) in [6.07, 6.45) is 2.45. The first-order valence-electron chi connectivity index (χ1n) is 5.49. The number of carbonyl (C=O) groups is 1. The summed E-state index contributed by atoms with van der Waals surface area (Å²) in [6, 6.07) is 5.66. The Morgan fingerprint density at radius 2 is 2.06 bits per heavy atom. The minimum atomic E-state index is -0.0787. The van der Waals surface area contributed by atoms with Crippen LogP contribution in [-0.4, -0.2) is 19.0 Å². The Hall–Kier alpha value is -1.22. The maximum Gasteiger partial charge on any atom is 0.221 e. The highest BCUT2D eigenvalue weighted by atomic mass is 35.5. The number of halogens is 1. The van der Waals surface area contributed by atoms with Gasteiger partial charge in [0.2, 0.25) is 5.91 Å². The molecule has 4 heteroatoms. The van der Waals surface area contributed by atoms with E-state index in [1.54, 1.807) is 6.07 Å². The standard InChI is InChI=1S/C12H15ClN2O/c1-9(16)14-10-4-5-12(11(13)8-10)15-6-2-3-7-15/h4-5,8H,2-3,6-7H2,1H3,(H,14,16). The molecule has 16 heavy (non-hydrogen) atoms. The Kier molecular flexibility index (Phi) is 3.34. The van der Waals surface area contributed by atoms with E-state index in [1.165, 1.54) is 19.8 Å². The third kappa shape index (κ3) is 2.47. The second-order valence-electron chi connectivity index (χ2n) is 4.04. The summed E-state index contributed by atoms with van der Waals surface area (Å²) in [5, 5.41) is 3.42. The van der Waals surface area contributed by atoms with Crippen molar-refractivity contribution in [3.63, 3.8) is 0 Å². The van der Waals surface area contributed by atoms with Gasteiger partial charge in [0.1, 0.15) is 0 Å². The fourth-order valence-electron chi connectivity index (χ4n) is 2.00. The van der Waals surface area contributed by atoms with Crippen LogP contribution in [0.3, 0.4) is 0 Å². The van der Waals surface area contributed by atoms with Crippen molar-refractivity contribution in [2.24, 2.45) is 0 Å². The Morgan fingerprint density at radius 3 is 2.62 bits per heavy atom. The van der Waals surface area contributed by atoms with Crippen molar-refractivity contribution in [3.05, 3.63) is 23.2 Å². The first kappa shape index (κ1) is 11.3. The predicted octanol–water partition coefficient (Wildman–Crippen LogP) is 2.90. The summed E-state index contributed by atoms with van der Waals surface area (Å²) in [5.41, 5.74) is 1.81. The summed E-state index contributed by atoms with van der Waals surface area (Å²) in [6.45, 7) is 3.63. The first-order valence-corrected chi connectivity index (χ1v) is 5.87. The van der Waals surface area contributed by atoms with Crippen LogP contribution in [0.25, 0.3) is 0 Å². The lowest BCUT2D eigenvalue weighted by Crippen LogP contribution is -2.18. The van der Waals surface area contributed by atoms with Crippen LogP contribution in [0, 0.1) is 0 Å². The van der Waals surface area contributed by atoms with E-state index in [4.69, 9.17) is 11.6 Å². The highest BCUT2D eigenvalue weighted by molar-refractivity contribution is 6.33. The molecule has 1 heterocycles. The van der Waals surface area contributed by atoms with Crippen molar-refractivity contribution >= 4 is 28.9 Å². The first-order chi connectivity index (χ1) is 7.66. The average molecular weight is 239 g/mol. The monoisotopic (exact) mass is 238 g/mol. The average Bonchev–Trinajstić information content (AvgIpc) is 2.69. The van der Waals surface area contributed by atoms with Gasteiger partial charge in [-0.1, -0.05) is 11.6 Å². The van der Waals surface area contributed by atoms with E-state index in [2.05, 4.69) is 10.2 Å². The maximum atomic E-state index is 10.9. The van der Waals surface area contributed by atoms with Crippen LogP contribution in [-0.2, 0) is 4.79 Å². The quantitative estimate of drug-likeness (QED) is 0.859. The number of anilines is 2. The molecular weight excluding hydrogens is 224 g/mol. The molecule has 1 aromatic carbocycles. The van der Waals surface area contributed by atoms with Crippen LogP contribution in [0.4, 0.5) is 11.4 Å². The molecule has 3 nitrogen and oxygen atoms in total. The third-order valence-electron chi connectivity index (χ3n) is 2.71. The molecule has 0 saturated carbocycles. The van der Waals surface area contributed by atoms with Crippen molar-refractivity contribution < 1.29 is 4.79 Å². The number of carbonyl (C=O) groups excluding carboxylic acids is 1. The van der Waals surface area contributed by atoms with Crippen molar-refractivity contribution in [2.45, 2.75) is 19.8 Å². The number of nitrogens with zero attached hydrogens (tertiary/aromatic N) is 1. The molecule has 0 aliphatic carbocycles. The van der Waals surface area contributed by atoms with Gasteiger partial charge < -0.3 is 10.2 Å². The van der Waals surface area contributed by atoms with E-state index in [9.17, 15) is 4.79 Å².